The van der Waals surface area contributed by atoms with Crippen LogP contribution in [0, 0.1) is 0 Å². The quantitative estimate of drug-likeness (QED) is 0.794. The van der Waals surface area contributed by atoms with Gasteiger partial charge in [-0.25, -0.2) is 17.7 Å². The van der Waals surface area contributed by atoms with Crippen LogP contribution in [0.25, 0.3) is 11.1 Å². The first-order chi connectivity index (χ1) is 9.34. The summed E-state index contributed by atoms with van der Waals surface area (Å²) in [6.45, 7) is 4.20. The molecule has 110 valence electrons. The summed E-state index contributed by atoms with van der Waals surface area (Å²) >= 11 is 1.55. The molecule has 0 aliphatic carbocycles. The van der Waals surface area contributed by atoms with Gasteiger partial charge in [-0.15, -0.1) is 0 Å². The van der Waals surface area contributed by atoms with Gasteiger partial charge in [-0.1, -0.05) is 25.6 Å². The predicted octanol–water partition coefficient (Wildman–Crippen LogP) is 2.97. The minimum absolute atomic E-state index is 0.225. The second-order valence-corrected chi connectivity index (χ2v) is 8.27. The van der Waals surface area contributed by atoms with E-state index in [1.54, 1.807) is 30.0 Å². The number of hydrogen-bond donors (Lipinski definition) is 0. The highest BCUT2D eigenvalue weighted by Crippen LogP contribution is 2.29. The fraction of sp³-hybridized carbons (Fsp3) is 0.462. The van der Waals surface area contributed by atoms with E-state index in [2.05, 4.69) is 18.8 Å². The number of fused-ring (bicyclic) bond motifs is 1. The molecule has 0 fully saturated rings. The summed E-state index contributed by atoms with van der Waals surface area (Å²) in [5.74, 6) is 0. The maximum absolute atomic E-state index is 12.1. The number of thioether (sulfide) groups is 1. The van der Waals surface area contributed by atoms with Crippen LogP contribution in [0.3, 0.4) is 0 Å². The topological polar surface area (TPSA) is 63.4 Å². The van der Waals surface area contributed by atoms with Crippen molar-refractivity contribution in [3.05, 3.63) is 18.2 Å². The number of rotatable bonds is 5. The zero-order chi connectivity index (χ0) is 14.9. The van der Waals surface area contributed by atoms with Gasteiger partial charge in [0.15, 0.2) is 5.58 Å². The number of sulfonamides is 1. The molecule has 2 aromatic rings. The lowest BCUT2D eigenvalue weighted by molar-refractivity contribution is 0.488. The molecule has 0 spiro atoms. The van der Waals surface area contributed by atoms with Crippen molar-refractivity contribution in [3.63, 3.8) is 0 Å². The summed E-state index contributed by atoms with van der Waals surface area (Å²) in [5, 5.41) is 0.988. The van der Waals surface area contributed by atoms with E-state index in [1.807, 2.05) is 0 Å². The molecule has 0 radical (unpaired) electrons. The van der Waals surface area contributed by atoms with Crippen LogP contribution in [0.5, 0.6) is 0 Å². The van der Waals surface area contributed by atoms with Gasteiger partial charge in [0, 0.05) is 19.3 Å². The molecule has 0 aliphatic heterocycles. The molecular formula is C13H18N2O3S2. The van der Waals surface area contributed by atoms with E-state index < -0.39 is 10.0 Å². The van der Waals surface area contributed by atoms with E-state index in [0.717, 1.165) is 6.42 Å². The van der Waals surface area contributed by atoms with Crippen molar-refractivity contribution in [2.24, 2.45) is 0 Å². The predicted molar refractivity (Wildman–Crippen MR) is 80.5 cm³/mol. The van der Waals surface area contributed by atoms with Crippen LogP contribution < -0.4 is 0 Å². The average molecular weight is 314 g/mol. The largest absolute Gasteiger partial charge is 0.431 e. The van der Waals surface area contributed by atoms with Gasteiger partial charge in [0.05, 0.1) is 4.90 Å². The van der Waals surface area contributed by atoms with E-state index in [1.165, 1.54) is 18.4 Å². The van der Waals surface area contributed by atoms with Crippen molar-refractivity contribution in [2.45, 2.75) is 35.6 Å². The summed E-state index contributed by atoms with van der Waals surface area (Å²) in [5.41, 5.74) is 1.17. The standard InChI is InChI=1S/C13H18N2O3S2/c1-5-9(2)19-13-14-11-8-10(6-7-12(11)18-13)20(16,17)15(3)4/h6-9H,5H2,1-4H3. The Kier molecular flexibility index (Phi) is 4.41. The maximum Gasteiger partial charge on any atom is 0.256 e. The third-order valence-electron chi connectivity index (χ3n) is 2.99. The summed E-state index contributed by atoms with van der Waals surface area (Å²) in [4.78, 5) is 4.57. The fourth-order valence-corrected chi connectivity index (χ4v) is 3.29. The first-order valence-electron chi connectivity index (χ1n) is 6.34. The lowest BCUT2D eigenvalue weighted by Crippen LogP contribution is -2.22. The molecular weight excluding hydrogens is 296 g/mol. The Hall–Kier alpha value is -1.05. The molecule has 20 heavy (non-hydrogen) atoms. The van der Waals surface area contributed by atoms with E-state index in [-0.39, 0.29) is 4.90 Å². The second kappa shape index (κ2) is 5.75. The molecule has 0 saturated carbocycles. The molecule has 1 aromatic carbocycles. The van der Waals surface area contributed by atoms with E-state index in [0.29, 0.717) is 21.6 Å². The highest BCUT2D eigenvalue weighted by atomic mass is 32.2. The van der Waals surface area contributed by atoms with Crippen molar-refractivity contribution in [3.8, 4) is 0 Å². The molecule has 0 N–H and O–H groups in total. The summed E-state index contributed by atoms with van der Waals surface area (Å²) < 4.78 is 30.9. The van der Waals surface area contributed by atoms with E-state index in [4.69, 9.17) is 4.42 Å². The average Bonchev–Trinajstić information content (AvgIpc) is 2.79. The summed E-state index contributed by atoms with van der Waals surface area (Å²) in [6.07, 6.45) is 1.02. The van der Waals surface area contributed by atoms with Gasteiger partial charge in [0.25, 0.3) is 5.22 Å². The van der Waals surface area contributed by atoms with Crippen molar-refractivity contribution in [2.75, 3.05) is 14.1 Å². The van der Waals surface area contributed by atoms with E-state index >= 15 is 0 Å². The molecule has 5 nitrogen and oxygen atoms in total. The van der Waals surface area contributed by atoms with Gasteiger partial charge >= 0.3 is 0 Å². The number of oxazole rings is 1. The van der Waals surface area contributed by atoms with Gasteiger partial charge in [0.2, 0.25) is 10.0 Å². The lowest BCUT2D eigenvalue weighted by atomic mass is 10.3. The Morgan fingerprint density at radius 1 is 1.40 bits per heavy atom. The number of nitrogens with zero attached hydrogens (tertiary/aromatic N) is 2. The van der Waals surface area contributed by atoms with Crippen molar-refractivity contribution < 1.29 is 12.8 Å². The van der Waals surface area contributed by atoms with Crippen molar-refractivity contribution in [1.82, 2.24) is 9.29 Å². The Morgan fingerprint density at radius 3 is 2.70 bits per heavy atom. The van der Waals surface area contributed by atoms with Crippen LogP contribution in [0.15, 0.2) is 32.7 Å². The minimum atomic E-state index is -3.44. The number of hydrogen-bond acceptors (Lipinski definition) is 5. The third-order valence-corrected chi connectivity index (χ3v) is 5.92. The van der Waals surface area contributed by atoms with E-state index in [9.17, 15) is 8.42 Å². The first kappa shape index (κ1) is 15.3. The first-order valence-corrected chi connectivity index (χ1v) is 8.66. The van der Waals surface area contributed by atoms with Crippen LogP contribution in [-0.2, 0) is 10.0 Å². The van der Waals surface area contributed by atoms with Gasteiger partial charge in [-0.05, 0) is 24.6 Å². The van der Waals surface area contributed by atoms with Gasteiger partial charge in [-0.3, -0.25) is 0 Å². The molecule has 7 heteroatoms. The Labute approximate surface area is 123 Å². The van der Waals surface area contributed by atoms with Crippen LogP contribution in [0.1, 0.15) is 20.3 Å². The van der Waals surface area contributed by atoms with Crippen LogP contribution in [-0.4, -0.2) is 37.1 Å². The van der Waals surface area contributed by atoms with Crippen LogP contribution >= 0.6 is 11.8 Å². The number of aromatic nitrogens is 1. The van der Waals surface area contributed by atoms with Gasteiger partial charge in [-0.2, -0.15) is 0 Å². The van der Waals surface area contributed by atoms with Crippen molar-refractivity contribution in [1.29, 1.82) is 0 Å². The highest BCUT2D eigenvalue weighted by molar-refractivity contribution is 7.99. The summed E-state index contributed by atoms with van der Waals surface area (Å²) in [6, 6.07) is 4.74. The molecule has 1 atom stereocenters. The lowest BCUT2D eigenvalue weighted by Gasteiger charge is -2.10. The fourth-order valence-electron chi connectivity index (χ4n) is 1.56. The smallest absolute Gasteiger partial charge is 0.256 e. The molecule has 0 aliphatic rings. The normalized spacial score (nSPS) is 14.1. The molecule has 1 heterocycles. The summed E-state index contributed by atoms with van der Waals surface area (Å²) in [7, 11) is -0.429. The van der Waals surface area contributed by atoms with Crippen molar-refractivity contribution >= 4 is 32.9 Å². The molecule has 1 unspecified atom stereocenters. The molecule has 2 rings (SSSR count). The Morgan fingerprint density at radius 2 is 2.10 bits per heavy atom. The second-order valence-electron chi connectivity index (χ2n) is 4.73. The monoisotopic (exact) mass is 314 g/mol. The molecule has 0 amide bonds. The third kappa shape index (κ3) is 2.99. The molecule has 0 saturated heterocycles. The van der Waals surface area contributed by atoms with Crippen LogP contribution in [0.2, 0.25) is 0 Å². The zero-order valence-corrected chi connectivity index (χ0v) is 13.6. The zero-order valence-electron chi connectivity index (χ0n) is 12.0. The Bertz CT molecular complexity index is 707. The Balaban J connectivity index is 2.40. The van der Waals surface area contributed by atoms with Gasteiger partial charge < -0.3 is 4.42 Å². The molecule has 1 aromatic heterocycles. The molecule has 0 bridgehead atoms. The van der Waals surface area contributed by atoms with Gasteiger partial charge in [0.1, 0.15) is 5.52 Å². The number of benzene rings is 1. The van der Waals surface area contributed by atoms with Crippen LogP contribution in [0.4, 0.5) is 0 Å². The maximum atomic E-state index is 12.1. The highest BCUT2D eigenvalue weighted by Gasteiger charge is 2.19. The SMILES string of the molecule is CCC(C)Sc1nc2cc(S(=O)(=O)N(C)C)ccc2o1. The minimum Gasteiger partial charge on any atom is -0.431 e.